The van der Waals surface area contributed by atoms with E-state index in [2.05, 4.69) is 19.9 Å². The van der Waals surface area contributed by atoms with Crippen LogP contribution in [0.25, 0.3) is 22.4 Å². The number of benzene rings is 1. The first-order chi connectivity index (χ1) is 9.28. The summed E-state index contributed by atoms with van der Waals surface area (Å²) in [7, 11) is 1.55. The zero-order valence-corrected chi connectivity index (χ0v) is 10.1. The Bertz CT molecular complexity index is 784. The Morgan fingerprint density at radius 3 is 2.89 bits per heavy atom. The van der Waals surface area contributed by atoms with Gasteiger partial charge in [0.05, 0.1) is 24.2 Å². The van der Waals surface area contributed by atoms with Gasteiger partial charge in [-0.3, -0.25) is 9.78 Å². The van der Waals surface area contributed by atoms with Crippen LogP contribution in [0.15, 0.2) is 41.6 Å². The van der Waals surface area contributed by atoms with Crippen LogP contribution in [0.2, 0.25) is 0 Å². The summed E-state index contributed by atoms with van der Waals surface area (Å²) in [6, 6.07) is 5.15. The third-order valence-electron chi connectivity index (χ3n) is 2.72. The maximum absolute atomic E-state index is 12.0. The first kappa shape index (κ1) is 11.3. The van der Waals surface area contributed by atoms with Gasteiger partial charge >= 0.3 is 0 Å². The van der Waals surface area contributed by atoms with Crippen LogP contribution in [0.1, 0.15) is 0 Å². The van der Waals surface area contributed by atoms with Crippen molar-refractivity contribution in [2.24, 2.45) is 0 Å². The van der Waals surface area contributed by atoms with E-state index in [1.807, 2.05) is 0 Å². The molecular formula is C13H10N4O2. The second-order valence-electron chi connectivity index (χ2n) is 3.89. The molecule has 3 rings (SSSR count). The molecule has 6 nitrogen and oxygen atoms in total. The van der Waals surface area contributed by atoms with E-state index in [1.165, 1.54) is 0 Å². The minimum atomic E-state index is -0.232. The van der Waals surface area contributed by atoms with Gasteiger partial charge in [-0.05, 0) is 18.2 Å². The number of nitrogens with one attached hydrogen (secondary N) is 1. The predicted molar refractivity (Wildman–Crippen MR) is 69.9 cm³/mol. The molecule has 0 fully saturated rings. The lowest BCUT2D eigenvalue weighted by Gasteiger charge is -2.03. The highest BCUT2D eigenvalue weighted by Crippen LogP contribution is 2.18. The Morgan fingerprint density at radius 2 is 2.16 bits per heavy atom. The monoisotopic (exact) mass is 254 g/mol. The van der Waals surface area contributed by atoms with Crippen LogP contribution in [0, 0.1) is 0 Å². The van der Waals surface area contributed by atoms with Crippen LogP contribution in [-0.2, 0) is 0 Å². The lowest BCUT2D eigenvalue weighted by molar-refractivity contribution is 0.415. The molecule has 0 amide bonds. The van der Waals surface area contributed by atoms with Gasteiger partial charge in [-0.25, -0.2) is 9.97 Å². The molecule has 0 spiro atoms. The highest BCUT2D eigenvalue weighted by Gasteiger charge is 2.07. The molecule has 0 aliphatic heterocycles. The minimum absolute atomic E-state index is 0.232. The highest BCUT2D eigenvalue weighted by molar-refractivity contribution is 5.80. The van der Waals surface area contributed by atoms with E-state index >= 15 is 0 Å². The number of hydrogen-bond donors (Lipinski definition) is 1. The Balaban J connectivity index is 2.23. The standard InChI is InChI=1S/C13H10N4O2/c1-19-8-2-3-10-9(6-8)13(18)17-12(16-10)11-7-14-4-5-15-11/h2-7H,1H3,(H,16,17,18). The second-order valence-corrected chi connectivity index (χ2v) is 3.89. The number of hydrogen-bond acceptors (Lipinski definition) is 5. The fourth-order valence-corrected chi connectivity index (χ4v) is 1.79. The molecule has 0 aliphatic carbocycles. The topological polar surface area (TPSA) is 80.8 Å². The van der Waals surface area contributed by atoms with E-state index in [9.17, 15) is 4.79 Å². The molecule has 6 heteroatoms. The van der Waals surface area contributed by atoms with Crippen LogP contribution in [0.4, 0.5) is 0 Å². The number of rotatable bonds is 2. The van der Waals surface area contributed by atoms with Gasteiger partial charge in [-0.15, -0.1) is 0 Å². The average Bonchev–Trinajstić information content (AvgIpc) is 2.48. The van der Waals surface area contributed by atoms with Crippen molar-refractivity contribution in [2.75, 3.05) is 7.11 Å². The zero-order chi connectivity index (χ0) is 13.2. The summed E-state index contributed by atoms with van der Waals surface area (Å²) in [6.45, 7) is 0. The molecular weight excluding hydrogens is 244 g/mol. The smallest absolute Gasteiger partial charge is 0.259 e. The lowest BCUT2D eigenvalue weighted by atomic mass is 10.2. The van der Waals surface area contributed by atoms with Gasteiger partial charge in [-0.2, -0.15) is 0 Å². The van der Waals surface area contributed by atoms with Gasteiger partial charge in [0.15, 0.2) is 5.82 Å². The molecule has 0 atom stereocenters. The molecule has 0 aliphatic rings. The quantitative estimate of drug-likeness (QED) is 0.747. The Hall–Kier alpha value is -2.76. The molecule has 3 aromatic rings. The van der Waals surface area contributed by atoms with Crippen molar-refractivity contribution in [3.05, 3.63) is 47.1 Å². The first-order valence-corrected chi connectivity index (χ1v) is 5.62. The second kappa shape index (κ2) is 4.49. The molecule has 94 valence electrons. The normalized spacial score (nSPS) is 10.6. The molecule has 0 radical (unpaired) electrons. The SMILES string of the molecule is COc1ccc2nc(-c3cnccn3)[nH]c(=O)c2c1. The van der Waals surface area contributed by atoms with Gasteiger partial charge in [-0.1, -0.05) is 0 Å². The highest BCUT2D eigenvalue weighted by atomic mass is 16.5. The van der Waals surface area contributed by atoms with Crippen molar-refractivity contribution in [2.45, 2.75) is 0 Å². The molecule has 0 saturated heterocycles. The van der Waals surface area contributed by atoms with E-state index in [-0.39, 0.29) is 5.56 Å². The van der Waals surface area contributed by atoms with E-state index in [0.29, 0.717) is 28.2 Å². The summed E-state index contributed by atoms with van der Waals surface area (Å²) < 4.78 is 5.09. The van der Waals surface area contributed by atoms with Gasteiger partial charge in [0.1, 0.15) is 11.4 Å². The van der Waals surface area contributed by atoms with Crippen LogP contribution >= 0.6 is 0 Å². The zero-order valence-electron chi connectivity index (χ0n) is 10.1. The first-order valence-electron chi connectivity index (χ1n) is 5.62. The molecule has 0 saturated carbocycles. The minimum Gasteiger partial charge on any atom is -0.497 e. The average molecular weight is 254 g/mol. The summed E-state index contributed by atoms with van der Waals surface area (Å²) in [5.74, 6) is 1.02. The van der Waals surface area contributed by atoms with Crippen molar-refractivity contribution in [1.29, 1.82) is 0 Å². The fraction of sp³-hybridized carbons (Fsp3) is 0.0769. The Labute approximate surface area is 108 Å². The molecule has 2 heterocycles. The summed E-state index contributed by atoms with van der Waals surface area (Å²) >= 11 is 0. The number of aromatic amines is 1. The maximum atomic E-state index is 12.0. The molecule has 2 aromatic heterocycles. The van der Waals surface area contributed by atoms with Crippen LogP contribution in [0.3, 0.4) is 0 Å². The van der Waals surface area contributed by atoms with Gasteiger partial charge in [0.25, 0.3) is 5.56 Å². The fourth-order valence-electron chi connectivity index (χ4n) is 1.79. The third-order valence-corrected chi connectivity index (χ3v) is 2.72. The van der Waals surface area contributed by atoms with Crippen molar-refractivity contribution in [1.82, 2.24) is 19.9 Å². The van der Waals surface area contributed by atoms with Crippen molar-refractivity contribution in [3.8, 4) is 17.3 Å². The lowest BCUT2D eigenvalue weighted by Crippen LogP contribution is -2.10. The molecule has 1 aromatic carbocycles. The van der Waals surface area contributed by atoms with Crippen LogP contribution in [-0.4, -0.2) is 27.0 Å². The van der Waals surface area contributed by atoms with Gasteiger partial charge in [0.2, 0.25) is 0 Å². The molecule has 0 unspecified atom stereocenters. The van der Waals surface area contributed by atoms with Crippen LogP contribution < -0.4 is 10.3 Å². The summed E-state index contributed by atoms with van der Waals surface area (Å²) in [5, 5.41) is 0.479. The number of nitrogens with zero attached hydrogens (tertiary/aromatic N) is 3. The van der Waals surface area contributed by atoms with Crippen molar-refractivity contribution < 1.29 is 4.74 Å². The predicted octanol–water partition coefficient (Wildman–Crippen LogP) is 1.39. The summed E-state index contributed by atoms with van der Waals surface area (Å²) in [6.07, 6.45) is 4.66. The number of methoxy groups -OCH3 is 1. The largest absolute Gasteiger partial charge is 0.497 e. The number of aromatic nitrogens is 4. The number of H-pyrrole nitrogens is 1. The van der Waals surface area contributed by atoms with E-state index in [0.717, 1.165) is 0 Å². The van der Waals surface area contributed by atoms with Crippen LogP contribution in [0.5, 0.6) is 5.75 Å². The maximum Gasteiger partial charge on any atom is 0.259 e. The Kier molecular flexibility index (Phi) is 2.68. The van der Waals surface area contributed by atoms with Crippen molar-refractivity contribution in [3.63, 3.8) is 0 Å². The molecule has 1 N–H and O–H groups in total. The number of ether oxygens (including phenoxy) is 1. The third kappa shape index (κ3) is 2.03. The molecule has 0 bridgehead atoms. The molecule has 19 heavy (non-hydrogen) atoms. The van der Waals surface area contributed by atoms with E-state index in [4.69, 9.17) is 4.74 Å². The Morgan fingerprint density at radius 1 is 1.26 bits per heavy atom. The van der Waals surface area contributed by atoms with Gasteiger partial charge < -0.3 is 9.72 Å². The van der Waals surface area contributed by atoms with Crippen molar-refractivity contribution >= 4 is 10.9 Å². The summed E-state index contributed by atoms with van der Waals surface area (Å²) in [4.78, 5) is 27.2. The number of fused-ring (bicyclic) bond motifs is 1. The summed E-state index contributed by atoms with van der Waals surface area (Å²) in [5.41, 5.74) is 0.882. The van der Waals surface area contributed by atoms with E-state index in [1.54, 1.807) is 43.9 Å². The van der Waals surface area contributed by atoms with Gasteiger partial charge in [0, 0.05) is 12.4 Å². The van der Waals surface area contributed by atoms with E-state index < -0.39 is 0 Å².